The van der Waals surface area contributed by atoms with Gasteiger partial charge in [0.2, 0.25) is 0 Å². The first-order chi connectivity index (χ1) is 18.0. The van der Waals surface area contributed by atoms with Crippen molar-refractivity contribution in [3.05, 3.63) is 58.6 Å². The second-order valence-electron chi connectivity index (χ2n) is 12.3. The number of fused-ring (bicyclic) bond motifs is 2. The molecule has 0 aromatic heterocycles. The van der Waals surface area contributed by atoms with Gasteiger partial charge in [0, 0.05) is 53.6 Å². The normalized spacial score (nSPS) is 33.0. The van der Waals surface area contributed by atoms with Crippen molar-refractivity contribution in [2.45, 2.75) is 60.8 Å². The lowest BCUT2D eigenvalue weighted by molar-refractivity contribution is -0.172. The zero-order chi connectivity index (χ0) is 25.0. The van der Waals surface area contributed by atoms with Crippen molar-refractivity contribution in [2.24, 2.45) is 23.2 Å². The fourth-order valence-corrected chi connectivity index (χ4v) is 9.78. The first-order valence-electron chi connectivity index (χ1n) is 14.2. The van der Waals surface area contributed by atoms with Crippen LogP contribution in [-0.4, -0.2) is 55.1 Å². The molecule has 1 atom stereocenters. The number of ether oxygens (including phenoxy) is 1. The van der Waals surface area contributed by atoms with Crippen LogP contribution in [0.3, 0.4) is 0 Å². The molecule has 0 amide bonds. The van der Waals surface area contributed by atoms with Crippen LogP contribution in [0.1, 0.15) is 55.7 Å². The summed E-state index contributed by atoms with van der Waals surface area (Å²) in [6, 6.07) is 15.5. The number of carbonyl (C=O) groups excluding carboxylic acids is 1. The molecular formula is C31H37ClN2O2S. The molecule has 4 aliphatic carbocycles. The predicted molar refractivity (Wildman–Crippen MR) is 148 cm³/mol. The Morgan fingerprint density at radius 3 is 2.38 bits per heavy atom. The lowest BCUT2D eigenvalue weighted by Gasteiger charge is -2.55. The van der Waals surface area contributed by atoms with Crippen LogP contribution < -0.4 is 0 Å². The Hall–Kier alpha value is -1.53. The van der Waals surface area contributed by atoms with Crippen molar-refractivity contribution < 1.29 is 9.53 Å². The highest BCUT2D eigenvalue weighted by molar-refractivity contribution is 7.99. The molecule has 37 heavy (non-hydrogen) atoms. The molecule has 4 nitrogen and oxygen atoms in total. The van der Waals surface area contributed by atoms with Gasteiger partial charge in [-0.3, -0.25) is 14.6 Å². The number of carbonyl (C=O) groups is 1. The first-order valence-corrected chi connectivity index (χ1v) is 15.4. The Balaban J connectivity index is 0.963. The van der Waals surface area contributed by atoms with E-state index in [1.54, 1.807) is 0 Å². The van der Waals surface area contributed by atoms with Crippen LogP contribution in [-0.2, 0) is 16.0 Å². The van der Waals surface area contributed by atoms with E-state index in [1.807, 2.05) is 17.8 Å². The largest absolute Gasteiger partial charge is 0.464 e. The third-order valence-corrected chi connectivity index (χ3v) is 11.3. The van der Waals surface area contributed by atoms with Gasteiger partial charge in [0.1, 0.15) is 6.61 Å². The molecule has 196 valence electrons. The van der Waals surface area contributed by atoms with Crippen LogP contribution in [0.15, 0.2) is 52.3 Å². The monoisotopic (exact) mass is 536 g/mol. The summed E-state index contributed by atoms with van der Waals surface area (Å²) in [5, 5.41) is 0.815. The molecule has 1 unspecified atom stereocenters. The second-order valence-corrected chi connectivity index (χ2v) is 13.8. The average Bonchev–Trinajstić information content (AvgIpc) is 3.05. The highest BCUT2D eigenvalue weighted by atomic mass is 35.5. The van der Waals surface area contributed by atoms with E-state index in [2.05, 4.69) is 46.2 Å². The quantitative estimate of drug-likeness (QED) is 0.409. The van der Waals surface area contributed by atoms with E-state index in [4.69, 9.17) is 16.3 Å². The zero-order valence-corrected chi connectivity index (χ0v) is 23.1. The van der Waals surface area contributed by atoms with Gasteiger partial charge in [-0.05, 0) is 98.1 Å². The maximum absolute atomic E-state index is 13.2. The molecule has 0 N–H and O–H groups in total. The molecular weight excluding hydrogens is 500 g/mol. The number of nitrogens with zero attached hydrogens (tertiary/aromatic N) is 2. The van der Waals surface area contributed by atoms with Gasteiger partial charge in [-0.2, -0.15) is 0 Å². The van der Waals surface area contributed by atoms with Crippen molar-refractivity contribution in [2.75, 3.05) is 39.3 Å². The van der Waals surface area contributed by atoms with Gasteiger partial charge in [0.05, 0.1) is 5.41 Å². The topological polar surface area (TPSA) is 32.8 Å². The summed E-state index contributed by atoms with van der Waals surface area (Å²) in [6.45, 7) is 5.44. The summed E-state index contributed by atoms with van der Waals surface area (Å²) >= 11 is 8.34. The molecule has 4 bridgehead atoms. The molecule has 2 heterocycles. The minimum absolute atomic E-state index is 0.119. The van der Waals surface area contributed by atoms with Crippen molar-refractivity contribution in [1.82, 2.24) is 9.80 Å². The minimum Gasteiger partial charge on any atom is -0.464 e. The SMILES string of the molecule is O=C(OCCN1CCN(C2Cc3ccccc3Sc3ccc(Cl)cc32)CC1)C12CC3CC(CC(C3)C1)C2. The summed E-state index contributed by atoms with van der Waals surface area (Å²) in [6.07, 6.45) is 8.36. The summed E-state index contributed by atoms with van der Waals surface area (Å²) in [5.74, 6) is 2.46. The Kier molecular flexibility index (Phi) is 6.55. The Morgan fingerprint density at radius 1 is 0.946 bits per heavy atom. The number of hydrogen-bond donors (Lipinski definition) is 0. The molecule has 2 aromatic rings. The molecule has 4 saturated carbocycles. The summed E-state index contributed by atoms with van der Waals surface area (Å²) in [5.41, 5.74) is 2.63. The van der Waals surface area contributed by atoms with Crippen LogP contribution in [0.5, 0.6) is 0 Å². The van der Waals surface area contributed by atoms with Crippen LogP contribution in [0.25, 0.3) is 0 Å². The third kappa shape index (κ3) is 4.75. The summed E-state index contributed by atoms with van der Waals surface area (Å²) in [7, 11) is 0. The standard InChI is InChI=1S/C31H37ClN2O2S/c32-25-5-6-29-26(17-25)27(16-24-3-1-2-4-28(24)37-29)34-9-7-33(8-10-34)11-12-36-30(35)31-18-21-13-22(19-31)15-23(14-21)20-31/h1-6,17,21-23,27H,7-16,18-20H2. The Labute approximate surface area is 230 Å². The summed E-state index contributed by atoms with van der Waals surface area (Å²) < 4.78 is 5.98. The molecule has 6 aliphatic rings. The molecule has 2 aromatic carbocycles. The predicted octanol–water partition coefficient (Wildman–Crippen LogP) is 6.47. The fraction of sp³-hybridized carbons (Fsp3) is 0.581. The lowest BCUT2D eigenvalue weighted by atomic mass is 9.49. The van der Waals surface area contributed by atoms with E-state index in [0.717, 1.165) is 81.2 Å². The van der Waals surface area contributed by atoms with Gasteiger partial charge in [-0.15, -0.1) is 0 Å². The molecule has 8 rings (SSSR count). The summed E-state index contributed by atoms with van der Waals surface area (Å²) in [4.78, 5) is 21.0. The minimum atomic E-state index is -0.143. The van der Waals surface area contributed by atoms with Crippen LogP contribution in [0.4, 0.5) is 0 Å². The van der Waals surface area contributed by atoms with Gasteiger partial charge >= 0.3 is 5.97 Å². The highest BCUT2D eigenvalue weighted by Gasteiger charge is 2.55. The van der Waals surface area contributed by atoms with Crippen molar-refractivity contribution in [3.8, 4) is 0 Å². The number of piperazine rings is 1. The maximum atomic E-state index is 13.2. The molecule has 5 fully saturated rings. The van der Waals surface area contributed by atoms with Crippen LogP contribution >= 0.6 is 23.4 Å². The number of hydrogen-bond acceptors (Lipinski definition) is 5. The Bertz CT molecular complexity index is 1140. The van der Waals surface area contributed by atoms with E-state index in [9.17, 15) is 4.79 Å². The zero-order valence-electron chi connectivity index (χ0n) is 21.5. The lowest BCUT2D eigenvalue weighted by Crippen LogP contribution is -2.51. The Morgan fingerprint density at radius 2 is 1.65 bits per heavy atom. The molecule has 0 radical (unpaired) electrons. The van der Waals surface area contributed by atoms with Crippen molar-refractivity contribution in [3.63, 3.8) is 0 Å². The van der Waals surface area contributed by atoms with Gasteiger partial charge in [0.25, 0.3) is 0 Å². The third-order valence-electron chi connectivity index (χ3n) is 9.90. The van der Waals surface area contributed by atoms with Crippen LogP contribution in [0.2, 0.25) is 5.02 Å². The molecule has 0 spiro atoms. The van der Waals surface area contributed by atoms with Gasteiger partial charge < -0.3 is 4.74 Å². The van der Waals surface area contributed by atoms with E-state index in [1.165, 1.54) is 40.2 Å². The number of esters is 1. The molecule has 2 aliphatic heterocycles. The van der Waals surface area contributed by atoms with E-state index < -0.39 is 0 Å². The van der Waals surface area contributed by atoms with E-state index >= 15 is 0 Å². The molecule has 1 saturated heterocycles. The van der Waals surface area contributed by atoms with Crippen LogP contribution in [0, 0.1) is 23.2 Å². The number of rotatable bonds is 5. The average molecular weight is 537 g/mol. The van der Waals surface area contributed by atoms with Gasteiger partial charge in [-0.25, -0.2) is 0 Å². The number of benzene rings is 2. The smallest absolute Gasteiger partial charge is 0.312 e. The van der Waals surface area contributed by atoms with E-state index in [-0.39, 0.29) is 11.4 Å². The number of halogens is 1. The first kappa shape index (κ1) is 24.5. The van der Waals surface area contributed by atoms with Gasteiger partial charge in [-0.1, -0.05) is 41.6 Å². The maximum Gasteiger partial charge on any atom is 0.312 e. The van der Waals surface area contributed by atoms with Crippen molar-refractivity contribution >= 4 is 29.3 Å². The van der Waals surface area contributed by atoms with Gasteiger partial charge in [0.15, 0.2) is 0 Å². The van der Waals surface area contributed by atoms with Crippen molar-refractivity contribution in [1.29, 1.82) is 0 Å². The highest BCUT2D eigenvalue weighted by Crippen LogP contribution is 2.60. The second kappa shape index (κ2) is 9.89. The van der Waals surface area contributed by atoms with E-state index in [0.29, 0.717) is 12.6 Å². The molecule has 6 heteroatoms. The fourth-order valence-electron chi connectivity index (χ4n) is 8.49.